The molecule has 1 aromatic rings. The molecule has 8 nitrogen and oxygen atoms in total. The molecule has 17 heavy (non-hydrogen) atoms. The normalized spacial score (nSPS) is 10.1. The fourth-order valence-electron chi connectivity index (χ4n) is 0.903. The van der Waals surface area contributed by atoms with Crippen molar-refractivity contribution in [3.63, 3.8) is 0 Å². The quantitative estimate of drug-likeness (QED) is 0.318. The number of nitrogens with zero attached hydrogens (tertiary/aromatic N) is 2. The number of benzene rings is 1. The van der Waals surface area contributed by atoms with E-state index in [1.165, 1.54) is 30.5 Å². The zero-order chi connectivity index (χ0) is 12.8. The van der Waals surface area contributed by atoms with Crippen LogP contribution in [0.25, 0.3) is 0 Å². The molecule has 0 fully saturated rings. The summed E-state index contributed by atoms with van der Waals surface area (Å²) in [5.41, 5.74) is 7.03. The molecule has 0 spiro atoms. The van der Waals surface area contributed by atoms with Crippen LogP contribution < -0.4 is 11.2 Å². The minimum absolute atomic E-state index is 0.0525. The summed E-state index contributed by atoms with van der Waals surface area (Å²) in [5.74, 6) is -2.19. The van der Waals surface area contributed by atoms with Crippen LogP contribution in [0.15, 0.2) is 29.4 Å². The number of carbonyl (C=O) groups excluding carboxylic acids is 2. The van der Waals surface area contributed by atoms with Crippen LogP contribution in [0.4, 0.5) is 5.69 Å². The van der Waals surface area contributed by atoms with Crippen molar-refractivity contribution < 1.29 is 14.5 Å². The Kier molecular flexibility index (Phi) is 3.87. The average Bonchev–Trinajstić information content (AvgIpc) is 2.29. The molecule has 0 saturated heterocycles. The smallest absolute Gasteiger partial charge is 0.329 e. The molecule has 8 heteroatoms. The van der Waals surface area contributed by atoms with Gasteiger partial charge in [-0.2, -0.15) is 5.10 Å². The van der Waals surface area contributed by atoms with Gasteiger partial charge in [0.15, 0.2) is 0 Å². The van der Waals surface area contributed by atoms with E-state index in [1.807, 2.05) is 5.43 Å². The average molecular weight is 236 g/mol. The largest absolute Gasteiger partial charge is 0.361 e. The molecule has 0 atom stereocenters. The fourth-order valence-corrected chi connectivity index (χ4v) is 0.903. The van der Waals surface area contributed by atoms with Gasteiger partial charge >= 0.3 is 11.8 Å². The van der Waals surface area contributed by atoms with E-state index in [4.69, 9.17) is 0 Å². The van der Waals surface area contributed by atoms with Gasteiger partial charge in [0.25, 0.3) is 5.69 Å². The van der Waals surface area contributed by atoms with E-state index in [-0.39, 0.29) is 5.69 Å². The Bertz CT molecular complexity index is 480. The lowest BCUT2D eigenvalue weighted by molar-refractivity contribution is -0.384. The van der Waals surface area contributed by atoms with Gasteiger partial charge in [0, 0.05) is 12.1 Å². The molecule has 0 aliphatic heterocycles. The molecule has 0 aliphatic carbocycles. The van der Waals surface area contributed by atoms with Crippen molar-refractivity contribution in [2.24, 2.45) is 10.8 Å². The number of hydrogen-bond acceptors (Lipinski definition) is 5. The molecule has 0 aliphatic rings. The second-order valence-electron chi connectivity index (χ2n) is 2.91. The third kappa shape index (κ3) is 3.70. The van der Waals surface area contributed by atoms with Crippen molar-refractivity contribution in [3.8, 4) is 0 Å². The minimum atomic E-state index is -1.15. The summed E-state index contributed by atoms with van der Waals surface area (Å²) >= 11 is 0. The van der Waals surface area contributed by atoms with E-state index in [9.17, 15) is 19.7 Å². The number of nitro groups is 1. The zero-order valence-electron chi connectivity index (χ0n) is 8.49. The van der Waals surface area contributed by atoms with E-state index >= 15 is 0 Å². The van der Waals surface area contributed by atoms with Crippen molar-refractivity contribution in [3.05, 3.63) is 39.9 Å². The standard InChI is InChI=1S/C9H8N4O4/c10-8(14)9(15)12-11-5-6-1-3-7(4-2-6)13(16)17/h1-5H,(H2,10,14)(H,12,15)/b11-5+. The maximum Gasteiger partial charge on any atom is 0.329 e. The molecule has 3 N–H and O–H groups in total. The highest BCUT2D eigenvalue weighted by Crippen LogP contribution is 2.10. The number of nitrogens with two attached hydrogens (primary N) is 1. The number of primary amides is 1. The van der Waals surface area contributed by atoms with E-state index in [0.717, 1.165) is 0 Å². The third-order valence-electron chi connectivity index (χ3n) is 1.71. The highest BCUT2D eigenvalue weighted by atomic mass is 16.6. The van der Waals surface area contributed by atoms with Crippen LogP contribution in [0, 0.1) is 10.1 Å². The molecule has 0 saturated carbocycles. The first-order valence-electron chi connectivity index (χ1n) is 4.38. The highest BCUT2D eigenvalue weighted by Gasteiger charge is 2.05. The highest BCUT2D eigenvalue weighted by molar-refractivity contribution is 6.34. The number of amides is 2. The lowest BCUT2D eigenvalue weighted by Gasteiger charge is -1.94. The first kappa shape index (κ1) is 12.3. The first-order chi connectivity index (χ1) is 8.00. The molecule has 88 valence electrons. The van der Waals surface area contributed by atoms with Gasteiger partial charge in [0.2, 0.25) is 0 Å². The first-order valence-corrected chi connectivity index (χ1v) is 4.38. The van der Waals surface area contributed by atoms with Crippen molar-refractivity contribution in [1.29, 1.82) is 0 Å². The van der Waals surface area contributed by atoms with Crippen molar-refractivity contribution >= 4 is 23.7 Å². The number of hydrogen-bond donors (Lipinski definition) is 2. The third-order valence-corrected chi connectivity index (χ3v) is 1.71. The zero-order valence-corrected chi connectivity index (χ0v) is 8.49. The predicted octanol–water partition coefficient (Wildman–Crippen LogP) is -0.470. The summed E-state index contributed by atoms with van der Waals surface area (Å²) in [4.78, 5) is 30.8. The lowest BCUT2D eigenvalue weighted by atomic mass is 10.2. The van der Waals surface area contributed by atoms with Gasteiger partial charge in [-0.15, -0.1) is 0 Å². The number of non-ortho nitro benzene ring substituents is 1. The molecule has 1 rings (SSSR count). The Morgan fingerprint density at radius 1 is 1.35 bits per heavy atom. The number of rotatable bonds is 3. The fraction of sp³-hybridized carbons (Fsp3) is 0. The summed E-state index contributed by atoms with van der Waals surface area (Å²) in [5, 5.41) is 13.8. The minimum Gasteiger partial charge on any atom is -0.361 e. The molecule has 0 heterocycles. The van der Waals surface area contributed by atoms with E-state index in [1.54, 1.807) is 0 Å². The van der Waals surface area contributed by atoms with E-state index < -0.39 is 16.7 Å². The van der Waals surface area contributed by atoms with Gasteiger partial charge < -0.3 is 5.73 Å². The summed E-state index contributed by atoms with van der Waals surface area (Å²) < 4.78 is 0. The number of nitro benzene ring substituents is 1. The SMILES string of the molecule is NC(=O)C(=O)N/N=C/c1ccc([N+](=O)[O-])cc1. The molecule has 0 radical (unpaired) electrons. The van der Waals surface area contributed by atoms with Crippen molar-refractivity contribution in [2.45, 2.75) is 0 Å². The molecule has 0 bridgehead atoms. The van der Waals surface area contributed by atoms with Crippen LogP contribution in [0.2, 0.25) is 0 Å². The second kappa shape index (κ2) is 5.35. The topological polar surface area (TPSA) is 128 Å². The Morgan fingerprint density at radius 2 is 1.94 bits per heavy atom. The summed E-state index contributed by atoms with van der Waals surface area (Å²) in [6.45, 7) is 0. The van der Waals surface area contributed by atoms with Crippen molar-refractivity contribution in [2.75, 3.05) is 0 Å². The Balaban J connectivity index is 2.63. The molecular formula is C9H8N4O4. The Hall–Kier alpha value is -2.77. The van der Waals surface area contributed by atoms with Gasteiger partial charge in [-0.3, -0.25) is 19.7 Å². The van der Waals surface area contributed by atoms with Crippen LogP contribution in [0.3, 0.4) is 0 Å². The molecule has 2 amide bonds. The Labute approximate surface area is 95.3 Å². The molecule has 0 unspecified atom stereocenters. The van der Waals surface area contributed by atoms with Crippen LogP contribution in [-0.2, 0) is 9.59 Å². The second-order valence-corrected chi connectivity index (χ2v) is 2.91. The van der Waals surface area contributed by atoms with Crippen molar-refractivity contribution in [1.82, 2.24) is 5.43 Å². The molecular weight excluding hydrogens is 228 g/mol. The van der Waals surface area contributed by atoms with Gasteiger partial charge in [-0.25, -0.2) is 5.43 Å². The summed E-state index contributed by atoms with van der Waals surface area (Å²) in [6.07, 6.45) is 1.23. The predicted molar refractivity (Wildman–Crippen MR) is 58.0 cm³/mol. The summed E-state index contributed by atoms with van der Waals surface area (Å²) in [7, 11) is 0. The van der Waals surface area contributed by atoms with Crippen LogP contribution >= 0.6 is 0 Å². The maximum absolute atomic E-state index is 10.7. The number of hydrazone groups is 1. The monoisotopic (exact) mass is 236 g/mol. The number of carbonyl (C=O) groups is 2. The Morgan fingerprint density at radius 3 is 2.41 bits per heavy atom. The van der Waals surface area contributed by atoms with E-state index in [2.05, 4.69) is 10.8 Å². The number of nitrogens with one attached hydrogen (secondary N) is 1. The summed E-state index contributed by atoms with van der Waals surface area (Å²) in [6, 6.07) is 5.46. The molecule has 0 aromatic heterocycles. The van der Waals surface area contributed by atoms with Crippen LogP contribution in [0.5, 0.6) is 0 Å². The van der Waals surface area contributed by atoms with Gasteiger partial charge in [-0.05, 0) is 17.7 Å². The van der Waals surface area contributed by atoms with Crippen LogP contribution in [0.1, 0.15) is 5.56 Å². The maximum atomic E-state index is 10.7. The van der Waals surface area contributed by atoms with Gasteiger partial charge in [0.1, 0.15) is 0 Å². The van der Waals surface area contributed by atoms with Crippen LogP contribution in [-0.4, -0.2) is 23.0 Å². The van der Waals surface area contributed by atoms with E-state index in [0.29, 0.717) is 5.56 Å². The molecule has 1 aromatic carbocycles. The van der Waals surface area contributed by atoms with Gasteiger partial charge in [0.05, 0.1) is 11.1 Å². The van der Waals surface area contributed by atoms with Gasteiger partial charge in [-0.1, -0.05) is 0 Å². The lowest BCUT2D eigenvalue weighted by Crippen LogP contribution is -2.32.